The molecule has 1 aromatic rings. The van der Waals surface area contributed by atoms with E-state index in [2.05, 4.69) is 0 Å². The number of rotatable bonds is 2. The summed E-state index contributed by atoms with van der Waals surface area (Å²) in [6.45, 7) is 0.463. The van der Waals surface area contributed by atoms with Crippen molar-refractivity contribution in [2.75, 3.05) is 19.8 Å². The molecular weight excluding hydrogens is 203 g/mol. The number of ether oxygens (including phenoxy) is 2. The molecule has 0 aliphatic carbocycles. The Morgan fingerprint density at radius 1 is 1.33 bits per heavy atom. The van der Waals surface area contributed by atoms with Crippen molar-refractivity contribution in [1.29, 1.82) is 0 Å². The van der Waals surface area contributed by atoms with E-state index in [1.807, 2.05) is 0 Å². The summed E-state index contributed by atoms with van der Waals surface area (Å²) in [5.74, 6) is -1.08. The smallest absolute Gasteiger partial charge is 0.210 e. The predicted octanol–water partition coefficient (Wildman–Crippen LogP) is 0.837. The molecule has 2 rings (SSSR count). The number of hydrogen-bond donors (Lipinski definition) is 2. The van der Waals surface area contributed by atoms with Gasteiger partial charge >= 0.3 is 0 Å². The Labute approximate surface area is 85.9 Å². The van der Waals surface area contributed by atoms with Gasteiger partial charge in [-0.2, -0.15) is 4.39 Å². The van der Waals surface area contributed by atoms with Crippen molar-refractivity contribution in [3.05, 3.63) is 17.4 Å². The highest BCUT2D eigenvalue weighted by Crippen LogP contribution is 2.40. The number of aliphatic hydroxyl groups excluding tert-OH is 1. The fraction of sp³-hybridized carbons (Fsp3) is 0.400. The van der Waals surface area contributed by atoms with E-state index in [0.29, 0.717) is 12.2 Å². The molecule has 1 heterocycles. The van der Waals surface area contributed by atoms with Gasteiger partial charge in [-0.1, -0.05) is 0 Å². The van der Waals surface area contributed by atoms with E-state index in [-0.39, 0.29) is 31.1 Å². The van der Waals surface area contributed by atoms with Gasteiger partial charge in [-0.25, -0.2) is 0 Å². The molecule has 82 valence electrons. The molecule has 0 saturated heterocycles. The second kappa shape index (κ2) is 3.94. The summed E-state index contributed by atoms with van der Waals surface area (Å²) in [4.78, 5) is 0. The summed E-state index contributed by atoms with van der Waals surface area (Å²) in [6.07, 6.45) is 0.180. The highest BCUT2D eigenvalue weighted by Gasteiger charge is 2.22. The highest BCUT2D eigenvalue weighted by atomic mass is 19.1. The zero-order chi connectivity index (χ0) is 10.8. The molecule has 0 amide bonds. The van der Waals surface area contributed by atoms with E-state index in [4.69, 9.17) is 14.6 Å². The first-order chi connectivity index (χ1) is 7.24. The largest absolute Gasteiger partial charge is 0.505 e. The van der Waals surface area contributed by atoms with Crippen LogP contribution < -0.4 is 9.47 Å². The van der Waals surface area contributed by atoms with E-state index < -0.39 is 11.6 Å². The van der Waals surface area contributed by atoms with Crippen LogP contribution in [0.4, 0.5) is 4.39 Å². The van der Waals surface area contributed by atoms with Crippen molar-refractivity contribution >= 4 is 0 Å². The van der Waals surface area contributed by atoms with Gasteiger partial charge in [0.05, 0.1) is 0 Å². The first-order valence-electron chi connectivity index (χ1n) is 4.65. The predicted molar refractivity (Wildman–Crippen MR) is 49.8 cm³/mol. The van der Waals surface area contributed by atoms with Crippen LogP contribution in [0.2, 0.25) is 0 Å². The quantitative estimate of drug-likeness (QED) is 0.765. The highest BCUT2D eigenvalue weighted by molar-refractivity contribution is 5.52. The number of phenolic OH excluding ortho intramolecular Hbond substituents is 1. The SMILES string of the molecule is OCCc1cc2c(c(F)c1O)OCCO2. The number of benzene rings is 1. The number of halogens is 1. The monoisotopic (exact) mass is 214 g/mol. The van der Waals surface area contributed by atoms with Crippen molar-refractivity contribution in [1.82, 2.24) is 0 Å². The van der Waals surface area contributed by atoms with Crippen LogP contribution in [-0.4, -0.2) is 30.0 Å². The molecule has 4 nitrogen and oxygen atoms in total. The van der Waals surface area contributed by atoms with Gasteiger partial charge in [0.15, 0.2) is 11.5 Å². The Bertz CT molecular complexity index is 378. The maximum Gasteiger partial charge on any atom is 0.210 e. The van der Waals surface area contributed by atoms with Gasteiger partial charge in [0.25, 0.3) is 0 Å². The van der Waals surface area contributed by atoms with Crippen LogP contribution in [-0.2, 0) is 6.42 Å². The molecule has 1 aliphatic heterocycles. The number of hydrogen-bond acceptors (Lipinski definition) is 4. The Kier molecular flexibility index (Phi) is 2.64. The molecule has 0 aromatic heterocycles. The molecule has 5 heteroatoms. The summed E-state index contributed by atoms with van der Waals surface area (Å²) in [5, 5.41) is 18.2. The minimum Gasteiger partial charge on any atom is -0.505 e. The molecule has 15 heavy (non-hydrogen) atoms. The lowest BCUT2D eigenvalue weighted by Gasteiger charge is -2.20. The van der Waals surface area contributed by atoms with Crippen molar-refractivity contribution in [3.63, 3.8) is 0 Å². The first kappa shape index (κ1) is 10.0. The zero-order valence-corrected chi connectivity index (χ0v) is 7.99. The van der Waals surface area contributed by atoms with E-state index >= 15 is 0 Å². The summed E-state index contributed by atoms with van der Waals surface area (Å²) < 4.78 is 23.8. The van der Waals surface area contributed by atoms with Gasteiger partial charge in [-0.15, -0.1) is 0 Å². The van der Waals surface area contributed by atoms with Gasteiger partial charge in [0.1, 0.15) is 13.2 Å². The lowest BCUT2D eigenvalue weighted by atomic mass is 10.1. The standard InChI is InChI=1S/C10H11FO4/c11-8-9(13)6(1-2-12)5-7-10(8)15-4-3-14-7/h5,12-13H,1-4H2. The third kappa shape index (κ3) is 1.70. The minimum atomic E-state index is -0.823. The number of aliphatic hydroxyl groups is 1. The first-order valence-corrected chi connectivity index (χ1v) is 4.65. The summed E-state index contributed by atoms with van der Waals surface area (Å²) in [7, 11) is 0. The minimum absolute atomic E-state index is 0.0551. The van der Waals surface area contributed by atoms with E-state index in [9.17, 15) is 9.50 Å². The summed E-state index contributed by atoms with van der Waals surface area (Å²) in [5.41, 5.74) is 0.319. The Morgan fingerprint density at radius 3 is 2.80 bits per heavy atom. The molecule has 0 unspecified atom stereocenters. The molecule has 2 N–H and O–H groups in total. The van der Waals surface area contributed by atoms with E-state index in [1.165, 1.54) is 6.07 Å². The van der Waals surface area contributed by atoms with Gasteiger partial charge in [0, 0.05) is 12.2 Å². The molecule has 1 aromatic carbocycles. The fourth-order valence-electron chi connectivity index (χ4n) is 1.50. The van der Waals surface area contributed by atoms with Gasteiger partial charge < -0.3 is 19.7 Å². The van der Waals surface area contributed by atoms with Gasteiger partial charge in [-0.05, 0) is 12.5 Å². The van der Waals surface area contributed by atoms with Crippen LogP contribution in [0.25, 0.3) is 0 Å². The average Bonchev–Trinajstić information content (AvgIpc) is 2.26. The van der Waals surface area contributed by atoms with Gasteiger partial charge in [0.2, 0.25) is 11.6 Å². The van der Waals surface area contributed by atoms with Crippen LogP contribution >= 0.6 is 0 Å². The Morgan fingerprint density at radius 2 is 2.07 bits per heavy atom. The zero-order valence-electron chi connectivity index (χ0n) is 7.99. The molecule has 0 atom stereocenters. The fourth-order valence-corrected chi connectivity index (χ4v) is 1.50. The third-order valence-corrected chi connectivity index (χ3v) is 2.21. The maximum absolute atomic E-state index is 13.5. The van der Waals surface area contributed by atoms with Gasteiger partial charge in [-0.3, -0.25) is 0 Å². The lowest BCUT2D eigenvalue weighted by Crippen LogP contribution is -2.17. The molecular formula is C10H11FO4. The van der Waals surface area contributed by atoms with Crippen molar-refractivity contribution in [2.24, 2.45) is 0 Å². The average molecular weight is 214 g/mol. The lowest BCUT2D eigenvalue weighted by molar-refractivity contribution is 0.162. The summed E-state index contributed by atoms with van der Waals surface area (Å²) in [6, 6.07) is 1.49. The second-order valence-corrected chi connectivity index (χ2v) is 3.20. The molecule has 0 spiro atoms. The molecule has 0 bridgehead atoms. The Hall–Kier alpha value is -1.49. The van der Waals surface area contributed by atoms with E-state index in [1.54, 1.807) is 0 Å². The van der Waals surface area contributed by atoms with Crippen LogP contribution in [0.3, 0.4) is 0 Å². The molecule has 0 fully saturated rings. The maximum atomic E-state index is 13.5. The van der Waals surface area contributed by atoms with Crippen molar-refractivity contribution in [2.45, 2.75) is 6.42 Å². The number of aromatic hydroxyl groups is 1. The van der Waals surface area contributed by atoms with Crippen LogP contribution in [0.1, 0.15) is 5.56 Å². The van der Waals surface area contributed by atoms with Crippen LogP contribution in [0.15, 0.2) is 6.07 Å². The molecule has 0 saturated carbocycles. The molecule has 0 radical (unpaired) electrons. The topological polar surface area (TPSA) is 58.9 Å². The number of fused-ring (bicyclic) bond motifs is 1. The van der Waals surface area contributed by atoms with Crippen LogP contribution in [0, 0.1) is 5.82 Å². The Balaban J connectivity index is 2.47. The van der Waals surface area contributed by atoms with Crippen molar-refractivity contribution < 1.29 is 24.1 Å². The van der Waals surface area contributed by atoms with Crippen LogP contribution in [0.5, 0.6) is 17.2 Å². The molecule has 1 aliphatic rings. The van der Waals surface area contributed by atoms with Crippen molar-refractivity contribution in [3.8, 4) is 17.2 Å². The summed E-state index contributed by atoms with van der Waals surface area (Å²) >= 11 is 0. The third-order valence-electron chi connectivity index (χ3n) is 2.21. The van der Waals surface area contributed by atoms with E-state index in [0.717, 1.165) is 0 Å². The second-order valence-electron chi connectivity index (χ2n) is 3.20. The normalized spacial score (nSPS) is 14.0. The number of phenols is 1.